The standard InChI is InChI=1S/C21H22N4/c22-12-15-6-7-19(23-13-15)25-14-18(16-4-2-1-3-5-16)21-20(25)17-8-10-24(21)11-9-17/h1-7,13,17-18,20-21H,8-11,14H2/t18-,20-,21-/m1/s1. The lowest BCUT2D eigenvalue weighted by molar-refractivity contribution is 0.0354. The monoisotopic (exact) mass is 330 g/mol. The molecule has 4 heteroatoms. The summed E-state index contributed by atoms with van der Waals surface area (Å²) in [5.41, 5.74) is 2.08. The molecule has 4 saturated heterocycles. The van der Waals surface area contributed by atoms with Crippen LogP contribution in [0.2, 0.25) is 0 Å². The Labute approximate surface area is 148 Å². The molecule has 126 valence electrons. The molecule has 4 aliphatic rings. The largest absolute Gasteiger partial charge is 0.351 e. The van der Waals surface area contributed by atoms with Gasteiger partial charge in [-0.1, -0.05) is 30.3 Å². The highest BCUT2D eigenvalue weighted by molar-refractivity contribution is 5.48. The molecule has 25 heavy (non-hydrogen) atoms. The van der Waals surface area contributed by atoms with Gasteiger partial charge in [-0.15, -0.1) is 0 Å². The molecule has 6 rings (SSSR count). The van der Waals surface area contributed by atoms with Crippen LogP contribution in [0.25, 0.3) is 0 Å². The number of nitrogens with zero attached hydrogens (tertiary/aromatic N) is 4. The quantitative estimate of drug-likeness (QED) is 0.849. The summed E-state index contributed by atoms with van der Waals surface area (Å²) in [7, 11) is 0. The van der Waals surface area contributed by atoms with Gasteiger partial charge < -0.3 is 4.90 Å². The van der Waals surface area contributed by atoms with Crippen LogP contribution in [-0.2, 0) is 0 Å². The molecule has 0 unspecified atom stereocenters. The summed E-state index contributed by atoms with van der Waals surface area (Å²) in [6.07, 6.45) is 4.31. The minimum absolute atomic E-state index is 0.534. The zero-order chi connectivity index (χ0) is 16.8. The molecule has 0 saturated carbocycles. The van der Waals surface area contributed by atoms with Gasteiger partial charge in [0, 0.05) is 30.7 Å². The smallest absolute Gasteiger partial charge is 0.128 e. The third-order valence-electron chi connectivity index (χ3n) is 6.39. The van der Waals surface area contributed by atoms with E-state index in [1.807, 2.05) is 12.1 Å². The van der Waals surface area contributed by atoms with Crippen molar-refractivity contribution in [3.05, 3.63) is 59.8 Å². The van der Waals surface area contributed by atoms with Crippen molar-refractivity contribution in [2.45, 2.75) is 30.8 Å². The summed E-state index contributed by atoms with van der Waals surface area (Å²) in [5.74, 6) is 2.33. The van der Waals surface area contributed by atoms with Crippen molar-refractivity contribution in [1.82, 2.24) is 9.88 Å². The van der Waals surface area contributed by atoms with E-state index < -0.39 is 0 Å². The lowest BCUT2D eigenvalue weighted by atomic mass is 9.75. The Kier molecular flexibility index (Phi) is 3.50. The van der Waals surface area contributed by atoms with Gasteiger partial charge in [-0.25, -0.2) is 4.98 Å². The minimum atomic E-state index is 0.534. The highest BCUT2D eigenvalue weighted by Crippen LogP contribution is 2.47. The van der Waals surface area contributed by atoms with Crippen LogP contribution in [0, 0.1) is 17.2 Å². The number of hydrogen-bond donors (Lipinski definition) is 0. The van der Waals surface area contributed by atoms with Crippen LogP contribution < -0.4 is 4.90 Å². The van der Waals surface area contributed by atoms with Gasteiger partial charge in [0.25, 0.3) is 0 Å². The zero-order valence-electron chi connectivity index (χ0n) is 14.3. The van der Waals surface area contributed by atoms with E-state index in [1.165, 1.54) is 31.5 Å². The first-order valence-corrected chi connectivity index (χ1v) is 9.27. The normalized spacial score (nSPS) is 33.1. The van der Waals surface area contributed by atoms with Gasteiger partial charge in [0.2, 0.25) is 0 Å². The fourth-order valence-corrected chi connectivity index (χ4v) is 5.30. The number of hydrogen-bond acceptors (Lipinski definition) is 4. The number of piperidine rings is 3. The van der Waals surface area contributed by atoms with Crippen LogP contribution in [-0.4, -0.2) is 41.6 Å². The Bertz CT molecular complexity index is 787. The lowest BCUT2D eigenvalue weighted by Crippen LogP contribution is -2.60. The van der Waals surface area contributed by atoms with E-state index in [-0.39, 0.29) is 0 Å². The molecular weight excluding hydrogens is 308 g/mol. The van der Waals surface area contributed by atoms with Crippen LogP contribution in [0.3, 0.4) is 0 Å². The molecule has 0 amide bonds. The van der Waals surface area contributed by atoms with Gasteiger partial charge in [0.15, 0.2) is 0 Å². The molecule has 4 nitrogen and oxygen atoms in total. The Hall–Kier alpha value is -2.38. The highest BCUT2D eigenvalue weighted by Gasteiger charge is 2.53. The Morgan fingerprint density at radius 3 is 2.48 bits per heavy atom. The Balaban J connectivity index is 1.54. The summed E-state index contributed by atoms with van der Waals surface area (Å²) < 4.78 is 0. The molecule has 2 aromatic rings. The Morgan fingerprint density at radius 1 is 1.00 bits per heavy atom. The summed E-state index contributed by atoms with van der Waals surface area (Å²) in [6, 6.07) is 18.2. The molecule has 0 spiro atoms. The van der Waals surface area contributed by atoms with E-state index in [2.05, 4.69) is 51.2 Å². The second-order valence-corrected chi connectivity index (χ2v) is 7.54. The second-order valence-electron chi connectivity index (χ2n) is 7.54. The fraction of sp³-hybridized carbons (Fsp3) is 0.429. The van der Waals surface area contributed by atoms with Crippen LogP contribution in [0.4, 0.5) is 5.82 Å². The van der Waals surface area contributed by atoms with Crippen molar-refractivity contribution in [2.24, 2.45) is 5.92 Å². The van der Waals surface area contributed by atoms with Crippen LogP contribution in [0.1, 0.15) is 29.9 Å². The van der Waals surface area contributed by atoms with Crippen molar-refractivity contribution in [3.8, 4) is 6.07 Å². The maximum atomic E-state index is 9.05. The van der Waals surface area contributed by atoms with E-state index >= 15 is 0 Å². The molecule has 0 N–H and O–H groups in total. The zero-order valence-corrected chi connectivity index (χ0v) is 14.3. The number of rotatable bonds is 2. The molecule has 1 aromatic carbocycles. The number of aromatic nitrogens is 1. The molecule has 1 aromatic heterocycles. The predicted molar refractivity (Wildman–Crippen MR) is 97.4 cm³/mol. The molecule has 2 bridgehead atoms. The fourth-order valence-electron chi connectivity index (χ4n) is 5.30. The first kappa shape index (κ1) is 14.9. The number of fused-ring (bicyclic) bond motifs is 2. The number of anilines is 1. The number of pyridine rings is 1. The van der Waals surface area contributed by atoms with Crippen molar-refractivity contribution < 1.29 is 0 Å². The molecule has 0 aliphatic carbocycles. The topological polar surface area (TPSA) is 43.2 Å². The first-order chi connectivity index (χ1) is 12.3. The number of nitriles is 1. The van der Waals surface area contributed by atoms with E-state index in [9.17, 15) is 0 Å². The lowest BCUT2D eigenvalue weighted by Gasteiger charge is -2.51. The van der Waals surface area contributed by atoms with Crippen LogP contribution in [0.5, 0.6) is 0 Å². The van der Waals surface area contributed by atoms with Crippen LogP contribution in [0.15, 0.2) is 48.7 Å². The third kappa shape index (κ3) is 2.34. The molecule has 5 heterocycles. The highest BCUT2D eigenvalue weighted by atomic mass is 15.3. The van der Waals surface area contributed by atoms with Crippen molar-refractivity contribution in [2.75, 3.05) is 24.5 Å². The first-order valence-electron chi connectivity index (χ1n) is 9.27. The molecule has 0 radical (unpaired) electrons. The van der Waals surface area contributed by atoms with E-state index in [0.717, 1.165) is 18.3 Å². The average Bonchev–Trinajstić information content (AvgIpc) is 3.12. The maximum absolute atomic E-state index is 9.05. The summed E-state index contributed by atoms with van der Waals surface area (Å²) in [6.45, 7) is 3.50. The maximum Gasteiger partial charge on any atom is 0.128 e. The molecular formula is C21H22N4. The van der Waals surface area contributed by atoms with Crippen molar-refractivity contribution in [1.29, 1.82) is 5.26 Å². The van der Waals surface area contributed by atoms with Gasteiger partial charge in [0.05, 0.1) is 5.56 Å². The molecule has 4 fully saturated rings. The predicted octanol–water partition coefficient (Wildman–Crippen LogP) is 3.02. The van der Waals surface area contributed by atoms with Crippen molar-refractivity contribution in [3.63, 3.8) is 0 Å². The van der Waals surface area contributed by atoms with Gasteiger partial charge in [-0.3, -0.25) is 4.90 Å². The second kappa shape index (κ2) is 5.86. The van der Waals surface area contributed by atoms with Gasteiger partial charge in [-0.05, 0) is 49.5 Å². The van der Waals surface area contributed by atoms with E-state index in [1.54, 1.807) is 6.20 Å². The van der Waals surface area contributed by atoms with Crippen molar-refractivity contribution >= 4 is 5.82 Å². The van der Waals surface area contributed by atoms with E-state index in [4.69, 9.17) is 5.26 Å². The molecule has 3 atom stereocenters. The average molecular weight is 330 g/mol. The molecule has 4 aliphatic heterocycles. The summed E-state index contributed by atoms with van der Waals surface area (Å²) in [5, 5.41) is 9.05. The number of benzene rings is 1. The van der Waals surface area contributed by atoms with Crippen LogP contribution >= 0.6 is 0 Å². The SMILES string of the molecule is N#Cc1ccc(N2C[C@H](c3ccccc3)[C@@H]3[C@H]2C2CCN3CC2)nc1. The summed E-state index contributed by atoms with van der Waals surface area (Å²) in [4.78, 5) is 9.86. The van der Waals surface area contributed by atoms with Gasteiger partial charge >= 0.3 is 0 Å². The Morgan fingerprint density at radius 2 is 1.80 bits per heavy atom. The van der Waals surface area contributed by atoms with E-state index in [0.29, 0.717) is 23.6 Å². The van der Waals surface area contributed by atoms with Gasteiger partial charge in [0.1, 0.15) is 11.9 Å². The summed E-state index contributed by atoms with van der Waals surface area (Å²) >= 11 is 0. The third-order valence-corrected chi connectivity index (χ3v) is 6.39. The minimum Gasteiger partial charge on any atom is -0.351 e. The van der Waals surface area contributed by atoms with Gasteiger partial charge in [-0.2, -0.15) is 5.26 Å².